The number of carbonyl (C=O) groups excluding carboxylic acids is 1. The molecule has 0 bridgehead atoms. The lowest BCUT2D eigenvalue weighted by atomic mass is 10.1. The van der Waals surface area contributed by atoms with Crippen molar-refractivity contribution in [2.24, 2.45) is 0 Å². The van der Waals surface area contributed by atoms with Gasteiger partial charge < -0.3 is 5.32 Å². The molecule has 2 aromatic carbocycles. The molecule has 6 nitrogen and oxygen atoms in total. The first-order valence-electron chi connectivity index (χ1n) is 10.9. The summed E-state index contributed by atoms with van der Waals surface area (Å²) in [6.45, 7) is 11.4. The van der Waals surface area contributed by atoms with Gasteiger partial charge in [0.2, 0.25) is 0 Å². The van der Waals surface area contributed by atoms with Crippen LogP contribution in [0.5, 0.6) is 0 Å². The van der Waals surface area contributed by atoms with Gasteiger partial charge in [-0.15, -0.1) is 0 Å². The largest absolute Gasteiger partial charge is 0.319 e. The highest BCUT2D eigenvalue weighted by Crippen LogP contribution is 2.23. The summed E-state index contributed by atoms with van der Waals surface area (Å²) in [6.07, 6.45) is 0. The summed E-state index contributed by atoms with van der Waals surface area (Å²) in [5.41, 5.74) is 8.71. The van der Waals surface area contributed by atoms with Crippen LogP contribution in [0.2, 0.25) is 0 Å². The quantitative estimate of drug-likeness (QED) is 0.363. The molecular formula is C26H28BrN5O. The average molecular weight is 506 g/mol. The van der Waals surface area contributed by atoms with E-state index < -0.39 is 0 Å². The minimum atomic E-state index is -0.142. The molecule has 0 spiro atoms. The number of benzene rings is 2. The van der Waals surface area contributed by atoms with Crippen LogP contribution < -0.4 is 5.32 Å². The van der Waals surface area contributed by atoms with Gasteiger partial charge in [0.1, 0.15) is 0 Å². The number of hydrogen-bond donors (Lipinski definition) is 1. The van der Waals surface area contributed by atoms with Crippen LogP contribution >= 0.6 is 15.9 Å². The molecule has 0 fully saturated rings. The molecule has 0 aliphatic rings. The minimum Gasteiger partial charge on any atom is -0.319 e. The second kappa shape index (κ2) is 9.35. The number of anilines is 1. The van der Waals surface area contributed by atoms with E-state index in [0.29, 0.717) is 18.7 Å². The normalized spacial score (nSPS) is 11.1. The third kappa shape index (κ3) is 4.78. The molecule has 0 aliphatic carbocycles. The molecule has 0 saturated heterocycles. The van der Waals surface area contributed by atoms with Crippen molar-refractivity contribution < 1.29 is 4.79 Å². The molecule has 0 radical (unpaired) electrons. The number of rotatable bonds is 6. The predicted molar refractivity (Wildman–Crippen MR) is 135 cm³/mol. The number of nitrogens with one attached hydrogen (secondary N) is 1. The molecule has 2 heterocycles. The van der Waals surface area contributed by atoms with Crippen LogP contribution in [0.15, 0.2) is 53.0 Å². The zero-order chi connectivity index (χ0) is 23.7. The molecule has 4 rings (SSSR count). The molecule has 7 heteroatoms. The maximum Gasteiger partial charge on any atom is 0.255 e. The minimum absolute atomic E-state index is 0.142. The highest BCUT2D eigenvalue weighted by atomic mass is 79.9. The number of halogens is 1. The summed E-state index contributed by atoms with van der Waals surface area (Å²) < 4.78 is 4.94. The van der Waals surface area contributed by atoms with Crippen molar-refractivity contribution in [3.63, 3.8) is 0 Å². The average Bonchev–Trinajstić information content (AvgIpc) is 3.19. The Hall–Kier alpha value is -3.19. The van der Waals surface area contributed by atoms with Crippen molar-refractivity contribution in [2.45, 2.75) is 47.7 Å². The topological polar surface area (TPSA) is 64.7 Å². The molecule has 170 valence electrons. The Balaban J connectivity index is 1.47. The lowest BCUT2D eigenvalue weighted by Crippen LogP contribution is -2.14. The summed E-state index contributed by atoms with van der Waals surface area (Å²) in [5.74, 6) is -0.142. The van der Waals surface area contributed by atoms with Crippen LogP contribution in [0.3, 0.4) is 0 Å². The van der Waals surface area contributed by atoms with Gasteiger partial charge in [0.15, 0.2) is 0 Å². The molecule has 0 aliphatic heterocycles. The van der Waals surface area contributed by atoms with E-state index in [1.807, 2.05) is 73.5 Å². The van der Waals surface area contributed by atoms with E-state index >= 15 is 0 Å². The second-order valence-corrected chi connectivity index (χ2v) is 9.22. The first-order chi connectivity index (χ1) is 15.7. The van der Waals surface area contributed by atoms with Gasteiger partial charge in [-0.1, -0.05) is 36.4 Å². The first kappa shape index (κ1) is 23.0. The van der Waals surface area contributed by atoms with Crippen molar-refractivity contribution in [1.82, 2.24) is 19.6 Å². The summed E-state index contributed by atoms with van der Waals surface area (Å²) >= 11 is 3.57. The molecule has 1 amide bonds. The number of amides is 1. The standard InChI is InChI=1S/C26H28BrN5O/c1-16-8-6-7-9-23(16)15-32-20(5)25(18(3)30-32)28-26(33)22-12-10-21(11-13-22)14-31-19(4)24(27)17(2)29-31/h6-13H,14-15H2,1-5H3,(H,28,33). The lowest BCUT2D eigenvalue weighted by molar-refractivity contribution is 0.102. The van der Waals surface area contributed by atoms with Crippen LogP contribution in [0.4, 0.5) is 5.69 Å². The fourth-order valence-electron chi connectivity index (χ4n) is 3.93. The molecule has 0 atom stereocenters. The van der Waals surface area contributed by atoms with E-state index in [1.54, 1.807) is 0 Å². The van der Waals surface area contributed by atoms with Crippen LogP contribution in [0.1, 0.15) is 49.8 Å². The van der Waals surface area contributed by atoms with Gasteiger partial charge >= 0.3 is 0 Å². The van der Waals surface area contributed by atoms with Gasteiger partial charge in [-0.05, 0) is 79.4 Å². The predicted octanol–water partition coefficient (Wildman–Crippen LogP) is 5.73. The van der Waals surface area contributed by atoms with Crippen LogP contribution in [0.25, 0.3) is 0 Å². The Morgan fingerprint density at radius 2 is 1.48 bits per heavy atom. The van der Waals surface area contributed by atoms with Crippen molar-refractivity contribution >= 4 is 27.5 Å². The van der Waals surface area contributed by atoms with E-state index in [9.17, 15) is 4.79 Å². The third-order valence-corrected chi connectivity index (χ3v) is 7.19. The Bertz CT molecular complexity index is 1320. The smallest absolute Gasteiger partial charge is 0.255 e. The summed E-state index contributed by atoms with van der Waals surface area (Å²) in [4.78, 5) is 12.9. The van der Waals surface area contributed by atoms with E-state index in [2.05, 4.69) is 50.5 Å². The fraction of sp³-hybridized carbons (Fsp3) is 0.269. The Kier molecular flexibility index (Phi) is 6.51. The Labute approximate surface area is 202 Å². The highest BCUT2D eigenvalue weighted by Gasteiger charge is 2.16. The molecule has 1 N–H and O–H groups in total. The molecular weight excluding hydrogens is 478 g/mol. The third-order valence-electron chi connectivity index (χ3n) is 6.04. The summed E-state index contributed by atoms with van der Waals surface area (Å²) in [5, 5.41) is 12.3. The van der Waals surface area contributed by atoms with Gasteiger partial charge in [0.05, 0.1) is 46.0 Å². The number of carbonyl (C=O) groups is 1. The molecule has 4 aromatic rings. The SMILES string of the molecule is Cc1ccccc1Cn1nc(C)c(NC(=O)c2ccc(Cn3nc(C)c(Br)c3C)cc2)c1C. The first-order valence-corrected chi connectivity index (χ1v) is 11.7. The van der Waals surface area contributed by atoms with Gasteiger partial charge in [-0.25, -0.2) is 0 Å². The number of hydrogen-bond acceptors (Lipinski definition) is 3. The second-order valence-electron chi connectivity index (χ2n) is 8.42. The van der Waals surface area contributed by atoms with E-state index in [4.69, 9.17) is 0 Å². The highest BCUT2D eigenvalue weighted by molar-refractivity contribution is 9.10. The molecule has 0 unspecified atom stereocenters. The van der Waals surface area contributed by atoms with Crippen molar-refractivity contribution in [3.8, 4) is 0 Å². The summed E-state index contributed by atoms with van der Waals surface area (Å²) in [7, 11) is 0. The zero-order valence-electron chi connectivity index (χ0n) is 19.6. The van der Waals surface area contributed by atoms with Crippen molar-refractivity contribution in [1.29, 1.82) is 0 Å². The molecule has 0 saturated carbocycles. The maximum atomic E-state index is 12.9. The number of aromatic nitrogens is 4. The maximum absolute atomic E-state index is 12.9. The van der Waals surface area contributed by atoms with E-state index in [0.717, 1.165) is 38.5 Å². The molecule has 2 aromatic heterocycles. The van der Waals surface area contributed by atoms with Gasteiger partial charge in [-0.3, -0.25) is 14.2 Å². The lowest BCUT2D eigenvalue weighted by Gasteiger charge is -2.10. The van der Waals surface area contributed by atoms with Gasteiger partial charge in [-0.2, -0.15) is 10.2 Å². The number of aryl methyl sites for hydroxylation is 3. The van der Waals surface area contributed by atoms with E-state index in [-0.39, 0.29) is 5.91 Å². The van der Waals surface area contributed by atoms with Crippen molar-refractivity contribution in [2.75, 3.05) is 5.32 Å². The van der Waals surface area contributed by atoms with E-state index in [1.165, 1.54) is 11.1 Å². The monoisotopic (exact) mass is 505 g/mol. The molecule has 33 heavy (non-hydrogen) atoms. The van der Waals surface area contributed by atoms with Crippen LogP contribution in [-0.4, -0.2) is 25.5 Å². The van der Waals surface area contributed by atoms with Gasteiger partial charge in [0.25, 0.3) is 5.91 Å². The zero-order valence-corrected chi connectivity index (χ0v) is 21.2. The van der Waals surface area contributed by atoms with Crippen molar-refractivity contribution in [3.05, 3.63) is 98.0 Å². The van der Waals surface area contributed by atoms with Gasteiger partial charge in [0, 0.05) is 5.56 Å². The van der Waals surface area contributed by atoms with Crippen LogP contribution in [0, 0.1) is 34.6 Å². The van der Waals surface area contributed by atoms with Crippen LogP contribution in [-0.2, 0) is 13.1 Å². The Morgan fingerprint density at radius 1 is 0.848 bits per heavy atom. The Morgan fingerprint density at radius 3 is 2.12 bits per heavy atom. The fourth-order valence-corrected chi connectivity index (χ4v) is 4.21. The summed E-state index contributed by atoms with van der Waals surface area (Å²) in [6, 6.07) is 15.9. The number of nitrogens with zero attached hydrogens (tertiary/aromatic N) is 4.